The van der Waals surface area contributed by atoms with Gasteiger partial charge in [0.1, 0.15) is 19.0 Å². The Balaban J connectivity index is 1.62. The maximum absolute atomic E-state index is 12.0. The summed E-state index contributed by atoms with van der Waals surface area (Å²) in [6, 6.07) is 9.48. The lowest BCUT2D eigenvalue weighted by Gasteiger charge is -2.20. The molecule has 1 saturated heterocycles. The van der Waals surface area contributed by atoms with Crippen LogP contribution in [0.25, 0.3) is 0 Å². The molecule has 5 heteroatoms. The summed E-state index contributed by atoms with van der Waals surface area (Å²) in [4.78, 5) is 13.6. The molecule has 1 amide bonds. The van der Waals surface area contributed by atoms with Gasteiger partial charge in [-0.25, -0.2) is 0 Å². The molecule has 1 aliphatic rings. The number of para-hydroxylation sites is 1. The Hall–Kier alpha value is -1.59. The van der Waals surface area contributed by atoms with Crippen molar-refractivity contribution in [3.05, 3.63) is 30.3 Å². The summed E-state index contributed by atoms with van der Waals surface area (Å²) in [5, 5.41) is 9.86. The molecule has 1 heterocycles. The van der Waals surface area contributed by atoms with Crippen molar-refractivity contribution in [2.45, 2.75) is 20.0 Å². The number of hydrogen-bond donors (Lipinski definition) is 1. The van der Waals surface area contributed by atoms with Crippen molar-refractivity contribution in [2.75, 3.05) is 32.9 Å². The van der Waals surface area contributed by atoms with E-state index in [1.807, 2.05) is 44.2 Å². The van der Waals surface area contributed by atoms with Crippen molar-refractivity contribution < 1.29 is 19.4 Å². The second-order valence-corrected chi connectivity index (χ2v) is 5.99. The van der Waals surface area contributed by atoms with E-state index in [1.54, 1.807) is 4.90 Å². The molecule has 0 aromatic heterocycles. The van der Waals surface area contributed by atoms with Gasteiger partial charge in [0.15, 0.2) is 0 Å². The molecule has 0 aliphatic carbocycles. The minimum absolute atomic E-state index is 0.0287. The van der Waals surface area contributed by atoms with Gasteiger partial charge in [-0.15, -0.1) is 0 Å². The third-order valence-electron chi connectivity index (χ3n) is 3.71. The smallest absolute Gasteiger partial charge is 0.248 e. The zero-order chi connectivity index (χ0) is 15.3. The SMILES string of the molecule is CC1(C)CN(C(=O)COCCOc2ccccc2)C[C@@H]1O. The van der Waals surface area contributed by atoms with Gasteiger partial charge in [0.25, 0.3) is 0 Å². The van der Waals surface area contributed by atoms with E-state index in [0.717, 1.165) is 5.75 Å². The number of hydrogen-bond acceptors (Lipinski definition) is 4. The molecular weight excluding hydrogens is 270 g/mol. The van der Waals surface area contributed by atoms with Gasteiger partial charge in [-0.1, -0.05) is 32.0 Å². The number of amides is 1. The highest BCUT2D eigenvalue weighted by molar-refractivity contribution is 5.77. The summed E-state index contributed by atoms with van der Waals surface area (Å²) < 4.78 is 10.8. The maximum atomic E-state index is 12.0. The topological polar surface area (TPSA) is 59.0 Å². The Morgan fingerprint density at radius 1 is 1.33 bits per heavy atom. The second kappa shape index (κ2) is 6.91. The summed E-state index contributed by atoms with van der Waals surface area (Å²) in [6.45, 7) is 5.67. The first-order valence-electron chi connectivity index (χ1n) is 7.20. The molecule has 1 aliphatic heterocycles. The van der Waals surface area contributed by atoms with Crippen LogP contribution in [0.15, 0.2) is 30.3 Å². The number of likely N-dealkylation sites (tertiary alicyclic amines) is 1. The monoisotopic (exact) mass is 293 g/mol. The van der Waals surface area contributed by atoms with Crippen molar-refractivity contribution in [3.8, 4) is 5.75 Å². The number of aliphatic hydroxyl groups is 1. The number of ether oxygens (including phenoxy) is 2. The minimum Gasteiger partial charge on any atom is -0.491 e. The predicted molar refractivity (Wildman–Crippen MR) is 79.1 cm³/mol. The first-order chi connectivity index (χ1) is 9.99. The largest absolute Gasteiger partial charge is 0.491 e. The number of benzene rings is 1. The number of aliphatic hydroxyl groups excluding tert-OH is 1. The average molecular weight is 293 g/mol. The van der Waals surface area contributed by atoms with Gasteiger partial charge in [-0.3, -0.25) is 4.79 Å². The minimum atomic E-state index is -0.470. The predicted octanol–water partition coefficient (Wildman–Crippen LogP) is 1.31. The fraction of sp³-hybridized carbons (Fsp3) is 0.562. The van der Waals surface area contributed by atoms with Crippen LogP contribution in [0.5, 0.6) is 5.75 Å². The lowest BCUT2D eigenvalue weighted by atomic mass is 9.90. The van der Waals surface area contributed by atoms with Crippen LogP contribution in [-0.2, 0) is 9.53 Å². The standard InChI is InChI=1S/C16H23NO4/c1-16(2)12-17(10-14(16)18)15(19)11-20-8-9-21-13-6-4-3-5-7-13/h3-7,14,18H,8-12H2,1-2H3/t14-/m0/s1. The molecule has 21 heavy (non-hydrogen) atoms. The van der Waals surface area contributed by atoms with Gasteiger partial charge in [0, 0.05) is 18.5 Å². The van der Waals surface area contributed by atoms with Gasteiger partial charge >= 0.3 is 0 Å². The van der Waals surface area contributed by atoms with Crippen LogP contribution in [-0.4, -0.2) is 54.9 Å². The highest BCUT2D eigenvalue weighted by Crippen LogP contribution is 2.29. The third-order valence-corrected chi connectivity index (χ3v) is 3.71. The van der Waals surface area contributed by atoms with E-state index in [4.69, 9.17) is 9.47 Å². The molecule has 116 valence electrons. The molecule has 0 bridgehead atoms. The summed E-state index contributed by atoms with van der Waals surface area (Å²) in [7, 11) is 0. The molecule has 1 N–H and O–H groups in total. The van der Waals surface area contributed by atoms with Gasteiger partial charge in [-0.05, 0) is 12.1 Å². The molecule has 0 radical (unpaired) electrons. The average Bonchev–Trinajstić information content (AvgIpc) is 2.73. The Morgan fingerprint density at radius 2 is 2.05 bits per heavy atom. The lowest BCUT2D eigenvalue weighted by molar-refractivity contribution is -0.135. The van der Waals surface area contributed by atoms with Crippen LogP contribution in [0, 0.1) is 5.41 Å². The van der Waals surface area contributed by atoms with Crippen molar-refractivity contribution in [3.63, 3.8) is 0 Å². The van der Waals surface area contributed by atoms with Crippen LogP contribution < -0.4 is 4.74 Å². The van der Waals surface area contributed by atoms with E-state index in [9.17, 15) is 9.90 Å². The molecule has 5 nitrogen and oxygen atoms in total. The molecule has 1 fully saturated rings. The van der Waals surface area contributed by atoms with Gasteiger partial charge < -0.3 is 19.5 Å². The van der Waals surface area contributed by atoms with Crippen LogP contribution in [0.4, 0.5) is 0 Å². The number of nitrogens with zero attached hydrogens (tertiary/aromatic N) is 1. The van der Waals surface area contributed by atoms with Crippen molar-refractivity contribution in [1.82, 2.24) is 4.90 Å². The van der Waals surface area contributed by atoms with E-state index in [1.165, 1.54) is 0 Å². The third kappa shape index (κ3) is 4.44. The quantitative estimate of drug-likeness (QED) is 0.804. The molecule has 0 saturated carbocycles. The summed E-state index contributed by atoms with van der Waals surface area (Å²) in [5.74, 6) is 0.705. The van der Waals surface area contributed by atoms with Crippen molar-refractivity contribution >= 4 is 5.91 Å². The zero-order valence-electron chi connectivity index (χ0n) is 12.6. The molecule has 1 aromatic carbocycles. The molecule has 2 rings (SSSR count). The highest BCUT2D eigenvalue weighted by Gasteiger charge is 2.39. The van der Waals surface area contributed by atoms with E-state index in [0.29, 0.717) is 26.3 Å². The zero-order valence-corrected chi connectivity index (χ0v) is 12.6. The van der Waals surface area contributed by atoms with Crippen LogP contribution in [0.1, 0.15) is 13.8 Å². The van der Waals surface area contributed by atoms with E-state index >= 15 is 0 Å². The van der Waals surface area contributed by atoms with Gasteiger partial charge in [-0.2, -0.15) is 0 Å². The molecule has 0 unspecified atom stereocenters. The Morgan fingerprint density at radius 3 is 2.67 bits per heavy atom. The van der Waals surface area contributed by atoms with Crippen LogP contribution in [0.2, 0.25) is 0 Å². The molecule has 1 atom stereocenters. The van der Waals surface area contributed by atoms with Crippen LogP contribution in [0.3, 0.4) is 0 Å². The highest BCUT2D eigenvalue weighted by atomic mass is 16.5. The number of rotatable bonds is 6. The summed E-state index contributed by atoms with van der Waals surface area (Å²) in [5.41, 5.74) is -0.244. The number of carbonyl (C=O) groups excluding carboxylic acids is 1. The number of β-amino-alcohol motifs (C(OH)–C–C–N with tert-alkyl or cyclic N) is 1. The first-order valence-corrected chi connectivity index (χ1v) is 7.20. The Kier molecular flexibility index (Phi) is 5.20. The molecule has 1 aromatic rings. The van der Waals surface area contributed by atoms with Crippen LogP contribution >= 0.6 is 0 Å². The van der Waals surface area contributed by atoms with Gasteiger partial charge in [0.05, 0.1) is 12.7 Å². The van der Waals surface area contributed by atoms with E-state index in [-0.39, 0.29) is 17.9 Å². The van der Waals surface area contributed by atoms with Crippen molar-refractivity contribution in [2.24, 2.45) is 5.41 Å². The van der Waals surface area contributed by atoms with E-state index < -0.39 is 6.10 Å². The molecule has 0 spiro atoms. The summed E-state index contributed by atoms with van der Waals surface area (Å²) >= 11 is 0. The van der Waals surface area contributed by atoms with Crippen molar-refractivity contribution in [1.29, 1.82) is 0 Å². The normalized spacial score (nSPS) is 20.5. The summed E-state index contributed by atoms with van der Waals surface area (Å²) in [6.07, 6.45) is -0.470. The second-order valence-electron chi connectivity index (χ2n) is 5.99. The first kappa shape index (κ1) is 15.8. The maximum Gasteiger partial charge on any atom is 0.248 e. The fourth-order valence-electron chi connectivity index (χ4n) is 2.29. The Bertz CT molecular complexity index is 461. The van der Waals surface area contributed by atoms with E-state index in [2.05, 4.69) is 0 Å². The number of carbonyl (C=O) groups is 1. The van der Waals surface area contributed by atoms with Gasteiger partial charge in [0.2, 0.25) is 5.91 Å². The fourth-order valence-corrected chi connectivity index (χ4v) is 2.29. The molecular formula is C16H23NO4. The lowest BCUT2D eigenvalue weighted by Crippen LogP contribution is -2.33. The Labute approximate surface area is 125 Å².